The van der Waals surface area contributed by atoms with E-state index in [2.05, 4.69) is 34.6 Å². The van der Waals surface area contributed by atoms with Gasteiger partial charge in [0.1, 0.15) is 23.0 Å². The Balaban J connectivity index is 0.000000462. The second-order valence-corrected chi connectivity index (χ2v) is 5.34. The Labute approximate surface area is 186 Å². The summed E-state index contributed by atoms with van der Waals surface area (Å²) in [6.07, 6.45) is 4.87. The monoisotopic (exact) mass is 442 g/mol. The molecule has 3 aromatic heterocycles. The van der Waals surface area contributed by atoms with Gasteiger partial charge in [0.05, 0.1) is 7.11 Å². The molecule has 0 fully saturated rings. The van der Waals surface area contributed by atoms with Crippen LogP contribution in [0.25, 0.3) is 11.5 Å². The van der Waals surface area contributed by atoms with Crippen molar-refractivity contribution >= 4 is 30.1 Å². The first-order chi connectivity index (χ1) is 14.4. The van der Waals surface area contributed by atoms with E-state index in [-0.39, 0.29) is 24.2 Å². The number of nitrogens with two attached hydrogens (primary N) is 2. The number of nitrogen functional groups attached to an aromatic ring is 2. The van der Waals surface area contributed by atoms with E-state index in [0.29, 0.717) is 28.9 Å². The Kier molecular flexibility index (Phi) is 12.8. The van der Waals surface area contributed by atoms with E-state index in [4.69, 9.17) is 22.1 Å². The fourth-order valence-electron chi connectivity index (χ4n) is 1.75. The van der Waals surface area contributed by atoms with Crippen LogP contribution in [-0.4, -0.2) is 43.8 Å². The zero-order valence-electron chi connectivity index (χ0n) is 17.2. The van der Waals surface area contributed by atoms with E-state index >= 15 is 0 Å². The number of rotatable bonds is 2. The van der Waals surface area contributed by atoms with E-state index in [0.717, 1.165) is 0 Å². The number of nitriles is 1. The summed E-state index contributed by atoms with van der Waals surface area (Å²) in [6.45, 7) is 3.38. The summed E-state index contributed by atoms with van der Waals surface area (Å²) >= 11 is 0. The number of anilines is 1. The van der Waals surface area contributed by atoms with Crippen molar-refractivity contribution in [3.63, 3.8) is 0 Å². The van der Waals surface area contributed by atoms with Crippen LogP contribution in [0.1, 0.15) is 18.4 Å². The van der Waals surface area contributed by atoms with Crippen molar-refractivity contribution in [1.29, 1.82) is 10.7 Å². The standard InChI is InChI=1S/C9H9N5.C6H7N3.C4H6N2O.ClH/c1-6-12-8(14-9(10)13-6)7-4-2-3-5-11-7;7-6(8)5-3-1-2-4-9-5;1-4(7-2)6-3-5;/h2-5H,1H3,(H2,10,12,13,14);1-4H,(H3,7,8);1-2H3;1H. The molecule has 0 bridgehead atoms. The predicted octanol–water partition coefficient (Wildman–Crippen LogP) is 2.14. The molecule has 12 heteroatoms. The average Bonchev–Trinajstić information content (AvgIpc) is 2.75. The minimum Gasteiger partial charge on any atom is -0.484 e. The number of nitrogens with zero attached hydrogens (tertiary/aromatic N) is 7. The van der Waals surface area contributed by atoms with Crippen LogP contribution in [0.4, 0.5) is 5.95 Å². The van der Waals surface area contributed by atoms with Gasteiger partial charge in [-0.15, -0.1) is 17.4 Å². The summed E-state index contributed by atoms with van der Waals surface area (Å²) in [4.78, 5) is 23.2. The molecule has 0 amide bonds. The molecule has 162 valence electrons. The van der Waals surface area contributed by atoms with Crippen LogP contribution in [0.3, 0.4) is 0 Å². The minimum atomic E-state index is 0. The van der Waals surface area contributed by atoms with Crippen LogP contribution in [0, 0.1) is 23.8 Å². The summed E-state index contributed by atoms with van der Waals surface area (Å²) in [5.41, 5.74) is 11.9. The maximum absolute atomic E-state index is 7.85. The number of pyridine rings is 2. The summed E-state index contributed by atoms with van der Waals surface area (Å²) < 4.78 is 4.52. The molecule has 3 aromatic rings. The van der Waals surface area contributed by atoms with Crippen molar-refractivity contribution in [3.05, 3.63) is 60.3 Å². The fraction of sp³-hybridized carbons (Fsp3) is 0.158. The zero-order chi connectivity index (χ0) is 22.4. The van der Waals surface area contributed by atoms with Crippen molar-refractivity contribution in [3.8, 4) is 17.7 Å². The molecule has 0 spiro atoms. The number of hydrogen-bond acceptors (Lipinski definition) is 10. The van der Waals surface area contributed by atoms with Crippen molar-refractivity contribution in [2.24, 2.45) is 10.7 Å². The second-order valence-electron chi connectivity index (χ2n) is 5.34. The third kappa shape index (κ3) is 10.8. The quantitative estimate of drug-likeness (QED) is 0.303. The lowest BCUT2D eigenvalue weighted by Crippen LogP contribution is -2.12. The fourth-order valence-corrected chi connectivity index (χ4v) is 1.75. The van der Waals surface area contributed by atoms with Crippen LogP contribution in [0.5, 0.6) is 0 Å². The van der Waals surface area contributed by atoms with Gasteiger partial charge < -0.3 is 16.2 Å². The molecular formula is C19H23ClN10O. The zero-order valence-corrected chi connectivity index (χ0v) is 18.0. The third-order valence-corrected chi connectivity index (χ3v) is 3.10. The molecule has 0 radical (unpaired) electrons. The molecule has 11 nitrogen and oxygen atoms in total. The Hall–Kier alpha value is -4.17. The van der Waals surface area contributed by atoms with E-state index < -0.39 is 0 Å². The predicted molar refractivity (Wildman–Crippen MR) is 120 cm³/mol. The number of hydrogen-bond donors (Lipinski definition) is 3. The normalized spacial score (nSPS) is 9.42. The molecule has 0 aliphatic heterocycles. The lowest BCUT2D eigenvalue weighted by atomic mass is 10.3. The lowest BCUT2D eigenvalue weighted by Gasteiger charge is -2.00. The molecule has 0 aliphatic carbocycles. The Morgan fingerprint density at radius 2 is 1.74 bits per heavy atom. The molecule has 0 atom stereocenters. The van der Waals surface area contributed by atoms with Gasteiger partial charge in [-0.1, -0.05) is 12.1 Å². The number of aliphatic imine (C=N–C) groups is 1. The first-order valence-corrected chi connectivity index (χ1v) is 8.49. The summed E-state index contributed by atoms with van der Waals surface area (Å²) in [5, 5.41) is 14.8. The van der Waals surface area contributed by atoms with Crippen LogP contribution >= 0.6 is 12.4 Å². The minimum absolute atomic E-state index is 0. The van der Waals surface area contributed by atoms with Gasteiger partial charge >= 0.3 is 0 Å². The second kappa shape index (κ2) is 14.8. The van der Waals surface area contributed by atoms with Crippen LogP contribution < -0.4 is 11.5 Å². The molecule has 0 aromatic carbocycles. The molecule has 31 heavy (non-hydrogen) atoms. The van der Waals surface area contributed by atoms with Crippen molar-refractivity contribution in [2.45, 2.75) is 13.8 Å². The van der Waals surface area contributed by atoms with Gasteiger partial charge in [-0.3, -0.25) is 15.4 Å². The number of aryl methyl sites for hydroxylation is 1. The Morgan fingerprint density at radius 3 is 2.13 bits per heavy atom. The maximum Gasteiger partial charge on any atom is 0.223 e. The molecule has 0 saturated carbocycles. The smallest absolute Gasteiger partial charge is 0.223 e. The highest BCUT2D eigenvalue weighted by molar-refractivity contribution is 5.92. The maximum atomic E-state index is 7.85. The number of nitrogens with one attached hydrogen (secondary N) is 1. The van der Waals surface area contributed by atoms with Gasteiger partial charge in [-0.2, -0.15) is 15.2 Å². The SMILES string of the molecule is COC(C)=NC#N.Cc1nc(N)nc(-c2ccccn2)n1.Cl.N=C(N)c1ccccn1. The average molecular weight is 443 g/mol. The van der Waals surface area contributed by atoms with E-state index in [1.807, 2.05) is 18.2 Å². The van der Waals surface area contributed by atoms with Gasteiger partial charge in [0, 0.05) is 19.3 Å². The molecule has 0 saturated heterocycles. The molecule has 3 heterocycles. The van der Waals surface area contributed by atoms with Crippen LogP contribution in [-0.2, 0) is 4.74 Å². The third-order valence-electron chi connectivity index (χ3n) is 3.10. The molecular weight excluding hydrogens is 420 g/mol. The van der Waals surface area contributed by atoms with Crippen LogP contribution in [0.15, 0.2) is 53.8 Å². The Morgan fingerprint density at radius 1 is 1.10 bits per heavy atom. The van der Waals surface area contributed by atoms with Crippen molar-refractivity contribution < 1.29 is 4.74 Å². The highest BCUT2D eigenvalue weighted by Crippen LogP contribution is 2.10. The molecule has 0 aliphatic rings. The van der Waals surface area contributed by atoms with Crippen molar-refractivity contribution in [2.75, 3.05) is 12.8 Å². The summed E-state index contributed by atoms with van der Waals surface area (Å²) in [7, 11) is 1.47. The number of ether oxygens (including phenoxy) is 1. The lowest BCUT2D eigenvalue weighted by molar-refractivity contribution is 0.400. The van der Waals surface area contributed by atoms with Gasteiger partial charge in [-0.25, -0.2) is 4.98 Å². The topological polar surface area (TPSA) is 186 Å². The van der Waals surface area contributed by atoms with Gasteiger partial charge in [0.25, 0.3) is 0 Å². The van der Waals surface area contributed by atoms with Gasteiger partial charge in [0.2, 0.25) is 12.1 Å². The van der Waals surface area contributed by atoms with Crippen LogP contribution in [0.2, 0.25) is 0 Å². The van der Waals surface area contributed by atoms with Gasteiger partial charge in [0.15, 0.2) is 11.7 Å². The Bertz CT molecular complexity index is 987. The highest BCUT2D eigenvalue weighted by atomic mass is 35.5. The molecule has 5 N–H and O–H groups in total. The summed E-state index contributed by atoms with van der Waals surface area (Å²) in [5.74, 6) is 1.73. The van der Waals surface area contributed by atoms with E-state index in [1.54, 1.807) is 50.6 Å². The molecule has 3 rings (SSSR count). The number of amidine groups is 1. The van der Waals surface area contributed by atoms with E-state index in [1.165, 1.54) is 7.11 Å². The van der Waals surface area contributed by atoms with E-state index in [9.17, 15) is 0 Å². The highest BCUT2D eigenvalue weighted by Gasteiger charge is 2.04. The molecule has 0 unspecified atom stereocenters. The summed E-state index contributed by atoms with van der Waals surface area (Å²) in [6, 6.07) is 10.8. The number of aromatic nitrogens is 5. The number of methoxy groups -OCH3 is 1. The number of halogens is 1. The van der Waals surface area contributed by atoms with Crippen molar-refractivity contribution in [1.82, 2.24) is 24.9 Å². The first-order valence-electron chi connectivity index (χ1n) is 8.49. The van der Waals surface area contributed by atoms with Gasteiger partial charge in [-0.05, 0) is 31.2 Å². The first kappa shape index (κ1) is 26.8. The largest absolute Gasteiger partial charge is 0.484 e.